The molecule has 1 atom stereocenters. The van der Waals surface area contributed by atoms with E-state index in [2.05, 4.69) is 61.6 Å². The van der Waals surface area contributed by atoms with E-state index >= 15 is 0 Å². The molecule has 0 spiro atoms. The number of nitrogens with one attached hydrogen (secondary N) is 1. The summed E-state index contributed by atoms with van der Waals surface area (Å²) in [7, 11) is 0. The monoisotopic (exact) mass is 289 g/mol. The molecule has 0 amide bonds. The lowest BCUT2D eigenvalue weighted by atomic mass is 10.1. The Morgan fingerprint density at radius 3 is 2.60 bits per heavy atom. The molecular weight excluding hydrogens is 266 g/mol. The second-order valence-electron chi connectivity index (χ2n) is 4.98. The van der Waals surface area contributed by atoms with Gasteiger partial charge in [-0.15, -0.1) is 0 Å². The van der Waals surface area contributed by atoms with Crippen LogP contribution in [-0.2, 0) is 18.7 Å². The first-order valence-electron chi connectivity index (χ1n) is 7.20. The maximum atomic E-state index is 5.80. The maximum Gasteiger partial charge on any atom is 0.118 e. The summed E-state index contributed by atoms with van der Waals surface area (Å²) in [4.78, 5) is 0. The molecule has 0 aliphatic rings. The van der Waals surface area contributed by atoms with Crippen molar-refractivity contribution in [3.63, 3.8) is 0 Å². The molecule has 1 N–H and O–H groups in total. The van der Waals surface area contributed by atoms with Gasteiger partial charge in [0.2, 0.25) is 0 Å². The Morgan fingerprint density at radius 1 is 1.10 bits per heavy atom. The van der Waals surface area contributed by atoms with Gasteiger partial charge in [-0.2, -0.15) is 11.8 Å². The Hall–Kier alpha value is -1.19. The highest BCUT2D eigenvalue weighted by atomic mass is 32.2. The standard InChI is InChI=1S/C17H23NOS/c1-3-20-13-17-10-9-16(19-17)12-18-14(2)11-15-7-5-4-6-8-15/h4-10,14,18H,3,11-13H2,1-2H3. The zero-order chi connectivity index (χ0) is 14.2. The Balaban J connectivity index is 1.75. The number of benzene rings is 1. The quantitative estimate of drug-likeness (QED) is 0.786. The fourth-order valence-corrected chi connectivity index (χ4v) is 2.67. The average molecular weight is 289 g/mol. The van der Waals surface area contributed by atoms with Gasteiger partial charge in [-0.3, -0.25) is 0 Å². The fourth-order valence-electron chi connectivity index (χ4n) is 2.11. The first-order valence-corrected chi connectivity index (χ1v) is 8.36. The van der Waals surface area contributed by atoms with Crippen molar-refractivity contribution in [2.75, 3.05) is 5.75 Å². The van der Waals surface area contributed by atoms with Crippen LogP contribution in [0, 0.1) is 0 Å². The summed E-state index contributed by atoms with van der Waals surface area (Å²) in [6.07, 6.45) is 1.04. The lowest BCUT2D eigenvalue weighted by Gasteiger charge is -2.12. The third-order valence-corrected chi connectivity index (χ3v) is 4.07. The van der Waals surface area contributed by atoms with Crippen molar-refractivity contribution in [1.82, 2.24) is 5.32 Å². The largest absolute Gasteiger partial charge is 0.464 e. The summed E-state index contributed by atoms with van der Waals surface area (Å²) in [5, 5.41) is 3.52. The van der Waals surface area contributed by atoms with E-state index in [9.17, 15) is 0 Å². The van der Waals surface area contributed by atoms with Crippen molar-refractivity contribution in [3.05, 3.63) is 59.5 Å². The normalized spacial score (nSPS) is 12.5. The molecule has 1 unspecified atom stereocenters. The van der Waals surface area contributed by atoms with Gasteiger partial charge in [-0.05, 0) is 36.8 Å². The van der Waals surface area contributed by atoms with Gasteiger partial charge in [0.05, 0.1) is 12.3 Å². The van der Waals surface area contributed by atoms with Crippen LogP contribution in [0.3, 0.4) is 0 Å². The zero-order valence-corrected chi connectivity index (χ0v) is 13.1. The fraction of sp³-hybridized carbons (Fsp3) is 0.412. The van der Waals surface area contributed by atoms with Gasteiger partial charge in [-0.25, -0.2) is 0 Å². The number of thioether (sulfide) groups is 1. The lowest BCUT2D eigenvalue weighted by Crippen LogP contribution is -2.27. The second-order valence-corrected chi connectivity index (χ2v) is 6.25. The summed E-state index contributed by atoms with van der Waals surface area (Å²) >= 11 is 1.89. The highest BCUT2D eigenvalue weighted by Gasteiger charge is 2.06. The molecule has 0 fully saturated rings. The summed E-state index contributed by atoms with van der Waals surface area (Å²) < 4.78 is 5.80. The molecule has 20 heavy (non-hydrogen) atoms. The second kappa shape index (κ2) is 8.18. The van der Waals surface area contributed by atoms with E-state index in [1.54, 1.807) is 0 Å². The van der Waals surface area contributed by atoms with Crippen LogP contribution in [0.5, 0.6) is 0 Å². The van der Waals surface area contributed by atoms with Gasteiger partial charge in [0.25, 0.3) is 0 Å². The summed E-state index contributed by atoms with van der Waals surface area (Å²) in [5.41, 5.74) is 1.37. The van der Waals surface area contributed by atoms with Crippen molar-refractivity contribution in [2.45, 2.75) is 38.6 Å². The molecule has 0 bridgehead atoms. The number of rotatable bonds is 8. The molecule has 1 aromatic heterocycles. The van der Waals surface area contributed by atoms with Crippen LogP contribution in [-0.4, -0.2) is 11.8 Å². The van der Waals surface area contributed by atoms with Crippen molar-refractivity contribution in [2.24, 2.45) is 0 Å². The van der Waals surface area contributed by atoms with Crippen LogP contribution < -0.4 is 5.32 Å². The Bertz CT molecular complexity index is 495. The van der Waals surface area contributed by atoms with Crippen LogP contribution in [0.15, 0.2) is 46.9 Å². The van der Waals surface area contributed by atoms with E-state index < -0.39 is 0 Å². The van der Waals surface area contributed by atoms with Gasteiger partial charge in [0.1, 0.15) is 11.5 Å². The minimum absolute atomic E-state index is 0.441. The molecule has 2 aromatic rings. The topological polar surface area (TPSA) is 25.2 Å². The van der Waals surface area contributed by atoms with E-state index in [1.807, 2.05) is 11.8 Å². The zero-order valence-electron chi connectivity index (χ0n) is 12.3. The van der Waals surface area contributed by atoms with Crippen molar-refractivity contribution >= 4 is 11.8 Å². The van der Waals surface area contributed by atoms with E-state index in [4.69, 9.17) is 4.42 Å². The van der Waals surface area contributed by atoms with Crippen molar-refractivity contribution in [1.29, 1.82) is 0 Å². The van der Waals surface area contributed by atoms with Crippen molar-refractivity contribution in [3.8, 4) is 0 Å². The third-order valence-electron chi connectivity index (χ3n) is 3.18. The number of hydrogen-bond acceptors (Lipinski definition) is 3. The van der Waals surface area contributed by atoms with Crippen molar-refractivity contribution < 1.29 is 4.42 Å². The molecule has 0 aliphatic carbocycles. The highest BCUT2D eigenvalue weighted by Crippen LogP contribution is 2.15. The summed E-state index contributed by atoms with van der Waals surface area (Å²) in [6.45, 7) is 5.18. The minimum atomic E-state index is 0.441. The van der Waals surface area contributed by atoms with E-state index in [0.717, 1.165) is 36.0 Å². The first-order chi connectivity index (χ1) is 9.78. The maximum absolute atomic E-state index is 5.80. The molecule has 1 heterocycles. The molecule has 0 saturated carbocycles. The van der Waals surface area contributed by atoms with E-state index in [0.29, 0.717) is 6.04 Å². The molecule has 2 nitrogen and oxygen atoms in total. The molecule has 3 heteroatoms. The predicted octanol–water partition coefficient (Wildman–Crippen LogP) is 4.25. The first kappa shape index (κ1) is 15.2. The van der Waals surface area contributed by atoms with Crippen LogP contribution in [0.2, 0.25) is 0 Å². The average Bonchev–Trinajstić information content (AvgIpc) is 2.92. The summed E-state index contributed by atoms with van der Waals surface area (Å²) in [5.74, 6) is 4.19. The number of furan rings is 1. The predicted molar refractivity (Wildman–Crippen MR) is 87.0 cm³/mol. The highest BCUT2D eigenvalue weighted by molar-refractivity contribution is 7.98. The SMILES string of the molecule is CCSCc1ccc(CNC(C)Cc2ccccc2)o1. The Labute approximate surface area is 126 Å². The molecule has 2 rings (SSSR count). The Morgan fingerprint density at radius 2 is 1.85 bits per heavy atom. The van der Waals surface area contributed by atoms with E-state index in [-0.39, 0.29) is 0 Å². The smallest absolute Gasteiger partial charge is 0.118 e. The van der Waals surface area contributed by atoms with Crippen LogP contribution in [0.1, 0.15) is 30.9 Å². The molecule has 0 radical (unpaired) electrons. The molecule has 0 aliphatic heterocycles. The minimum Gasteiger partial charge on any atom is -0.464 e. The van der Waals surface area contributed by atoms with Gasteiger partial charge >= 0.3 is 0 Å². The Kier molecular flexibility index (Phi) is 6.22. The van der Waals surface area contributed by atoms with Gasteiger partial charge in [-0.1, -0.05) is 37.3 Å². The van der Waals surface area contributed by atoms with Gasteiger partial charge in [0, 0.05) is 6.04 Å². The van der Waals surface area contributed by atoms with Gasteiger partial charge in [0.15, 0.2) is 0 Å². The molecule has 1 aromatic carbocycles. The van der Waals surface area contributed by atoms with Crippen LogP contribution in [0.25, 0.3) is 0 Å². The summed E-state index contributed by atoms with van der Waals surface area (Å²) in [6, 6.07) is 15.2. The molecular formula is C17H23NOS. The van der Waals surface area contributed by atoms with E-state index in [1.165, 1.54) is 5.56 Å². The van der Waals surface area contributed by atoms with Gasteiger partial charge < -0.3 is 9.73 Å². The number of hydrogen-bond donors (Lipinski definition) is 1. The molecule has 0 saturated heterocycles. The lowest BCUT2D eigenvalue weighted by molar-refractivity contribution is 0.437. The third kappa shape index (κ3) is 5.06. The molecule has 108 valence electrons. The van der Waals surface area contributed by atoms with Crippen LogP contribution in [0.4, 0.5) is 0 Å². The van der Waals surface area contributed by atoms with Crippen LogP contribution >= 0.6 is 11.8 Å².